The third kappa shape index (κ3) is 8.92. The molecule has 0 spiro atoms. The summed E-state index contributed by atoms with van der Waals surface area (Å²) in [6.07, 6.45) is 0. The molecular formula is C34H28ClN2O6P. The third-order valence-corrected chi connectivity index (χ3v) is 10.4. The fourth-order valence-corrected chi connectivity index (χ4v) is 8.34. The Bertz CT molecular complexity index is 1570. The summed E-state index contributed by atoms with van der Waals surface area (Å²) >= 11 is 0. The second-order valence-electron chi connectivity index (χ2n) is 9.29. The SMILES string of the molecule is O=C(Nc1ccccc1)/C(=C/[P+](c1ccccc1)(c1ccccc1)c1ccccc1)NC(=O)c1ccccc1.[O-][Cl+3]([O-])([O-])[O-]. The first-order valence-electron chi connectivity index (χ1n) is 13.3. The Labute approximate surface area is 258 Å². The minimum atomic E-state index is -4.94. The Morgan fingerprint density at radius 1 is 0.545 bits per heavy atom. The highest BCUT2D eigenvalue weighted by Gasteiger charge is 2.45. The van der Waals surface area contributed by atoms with Crippen molar-refractivity contribution < 1.29 is 38.5 Å². The zero-order chi connectivity index (χ0) is 31.4. The summed E-state index contributed by atoms with van der Waals surface area (Å²) in [5.41, 5.74) is 1.31. The van der Waals surface area contributed by atoms with Crippen LogP contribution in [-0.2, 0) is 4.79 Å². The number of rotatable bonds is 8. The van der Waals surface area contributed by atoms with Gasteiger partial charge in [0.15, 0.2) is 0 Å². The molecule has 5 aromatic carbocycles. The number of nitrogens with one attached hydrogen (secondary N) is 2. The summed E-state index contributed by atoms with van der Waals surface area (Å²) in [5.74, 6) is 1.24. The molecule has 0 aromatic heterocycles. The zero-order valence-corrected chi connectivity index (χ0v) is 24.9. The van der Waals surface area contributed by atoms with Gasteiger partial charge in [-0.25, -0.2) is 18.6 Å². The zero-order valence-electron chi connectivity index (χ0n) is 23.3. The van der Waals surface area contributed by atoms with Gasteiger partial charge in [-0.15, -0.1) is 10.2 Å². The van der Waals surface area contributed by atoms with Gasteiger partial charge in [-0.1, -0.05) is 91.0 Å². The number of anilines is 1. The topological polar surface area (TPSA) is 150 Å². The fourth-order valence-electron chi connectivity index (χ4n) is 4.51. The van der Waals surface area contributed by atoms with Crippen molar-refractivity contribution in [1.82, 2.24) is 5.32 Å². The first kappa shape index (κ1) is 32.3. The molecule has 10 heteroatoms. The molecule has 5 aromatic rings. The Balaban J connectivity index is 0.000000818. The van der Waals surface area contributed by atoms with E-state index in [0.29, 0.717) is 11.3 Å². The molecule has 0 unspecified atom stereocenters. The highest BCUT2D eigenvalue weighted by atomic mass is 35.7. The molecule has 2 amide bonds. The van der Waals surface area contributed by atoms with Gasteiger partial charge in [0.25, 0.3) is 11.8 Å². The normalized spacial score (nSPS) is 11.5. The van der Waals surface area contributed by atoms with E-state index in [9.17, 15) is 9.59 Å². The lowest BCUT2D eigenvalue weighted by Gasteiger charge is -2.25. The van der Waals surface area contributed by atoms with Crippen LogP contribution in [0.3, 0.4) is 0 Å². The van der Waals surface area contributed by atoms with Gasteiger partial charge in [0.05, 0.1) is 0 Å². The summed E-state index contributed by atoms with van der Waals surface area (Å²) in [4.78, 5) is 27.3. The molecule has 8 nitrogen and oxygen atoms in total. The number of hydrogen-bond donors (Lipinski definition) is 2. The molecule has 0 heterocycles. The average molecular weight is 627 g/mol. The molecular weight excluding hydrogens is 599 g/mol. The van der Waals surface area contributed by atoms with E-state index in [-0.39, 0.29) is 11.6 Å². The van der Waals surface area contributed by atoms with Gasteiger partial charge < -0.3 is 10.6 Å². The number of amides is 2. The minimum Gasteiger partial charge on any atom is -0.321 e. The lowest BCUT2D eigenvalue weighted by Crippen LogP contribution is -2.68. The second kappa shape index (κ2) is 15.2. The predicted octanol–water partition coefficient (Wildman–Crippen LogP) is 1.13. The van der Waals surface area contributed by atoms with Gasteiger partial charge in [0.2, 0.25) is 0 Å². The van der Waals surface area contributed by atoms with Gasteiger partial charge in [0, 0.05) is 11.3 Å². The summed E-state index contributed by atoms with van der Waals surface area (Å²) in [7, 11) is -7.50. The van der Waals surface area contributed by atoms with Gasteiger partial charge >= 0.3 is 0 Å². The molecule has 0 fully saturated rings. The van der Waals surface area contributed by atoms with E-state index in [1.807, 2.05) is 96.8 Å². The smallest absolute Gasteiger partial charge is 0.275 e. The summed E-state index contributed by atoms with van der Waals surface area (Å²) in [6.45, 7) is 0. The van der Waals surface area contributed by atoms with Crippen LogP contribution >= 0.6 is 7.26 Å². The van der Waals surface area contributed by atoms with Gasteiger partial charge in [-0.2, -0.15) is 0 Å². The molecule has 0 bridgehead atoms. The average Bonchev–Trinajstić information content (AvgIpc) is 3.04. The molecule has 0 radical (unpaired) electrons. The number of carbonyl (C=O) groups excluding carboxylic acids is 2. The Kier molecular flexibility index (Phi) is 11.1. The molecule has 0 aliphatic rings. The van der Waals surface area contributed by atoms with Crippen molar-refractivity contribution in [3.05, 3.63) is 169 Å². The Hall–Kier alpha value is -4.66. The van der Waals surface area contributed by atoms with Crippen LogP contribution in [0, 0.1) is 10.2 Å². The Morgan fingerprint density at radius 2 is 0.886 bits per heavy atom. The minimum absolute atomic E-state index is 0.192. The number of carbonyl (C=O) groups is 2. The number of benzene rings is 5. The van der Waals surface area contributed by atoms with Crippen molar-refractivity contribution in [3.63, 3.8) is 0 Å². The maximum absolute atomic E-state index is 13.9. The van der Waals surface area contributed by atoms with Crippen LogP contribution in [0.4, 0.5) is 5.69 Å². The number of halogens is 1. The lowest BCUT2D eigenvalue weighted by atomic mass is 10.2. The number of para-hydroxylation sites is 1. The molecule has 2 N–H and O–H groups in total. The molecule has 222 valence electrons. The molecule has 0 atom stereocenters. The quantitative estimate of drug-likeness (QED) is 0.195. The molecule has 5 rings (SSSR count). The van der Waals surface area contributed by atoms with E-state index >= 15 is 0 Å². The monoisotopic (exact) mass is 626 g/mol. The maximum Gasteiger partial charge on any atom is 0.275 e. The fraction of sp³-hybridized carbons (Fsp3) is 0. The number of hydrogen-bond acceptors (Lipinski definition) is 6. The Morgan fingerprint density at radius 3 is 1.27 bits per heavy atom. The molecule has 0 aliphatic heterocycles. The van der Waals surface area contributed by atoms with E-state index in [2.05, 4.69) is 47.0 Å². The van der Waals surface area contributed by atoms with Crippen LogP contribution in [0.1, 0.15) is 10.4 Å². The highest BCUT2D eigenvalue weighted by Crippen LogP contribution is 2.57. The predicted molar refractivity (Wildman–Crippen MR) is 162 cm³/mol. The lowest BCUT2D eigenvalue weighted by molar-refractivity contribution is -2.00. The van der Waals surface area contributed by atoms with Gasteiger partial charge in [-0.05, 0) is 60.7 Å². The third-order valence-electron chi connectivity index (χ3n) is 6.37. The van der Waals surface area contributed by atoms with Crippen molar-refractivity contribution in [2.75, 3.05) is 5.32 Å². The van der Waals surface area contributed by atoms with E-state index in [1.165, 1.54) is 0 Å². The summed E-state index contributed by atoms with van der Waals surface area (Å²) < 4.78 is 34.0. The van der Waals surface area contributed by atoms with E-state index in [4.69, 9.17) is 18.6 Å². The molecule has 0 aliphatic carbocycles. The first-order chi connectivity index (χ1) is 21.2. The largest absolute Gasteiger partial charge is 0.321 e. The van der Waals surface area contributed by atoms with Gasteiger partial charge in [0.1, 0.15) is 34.7 Å². The van der Waals surface area contributed by atoms with Crippen LogP contribution in [0.25, 0.3) is 0 Å². The highest BCUT2D eigenvalue weighted by molar-refractivity contribution is 7.98. The molecule has 0 saturated heterocycles. The van der Waals surface area contributed by atoms with Crippen LogP contribution in [0.15, 0.2) is 163 Å². The van der Waals surface area contributed by atoms with Crippen LogP contribution in [-0.4, -0.2) is 11.8 Å². The second-order valence-corrected chi connectivity index (χ2v) is 13.3. The van der Waals surface area contributed by atoms with Crippen molar-refractivity contribution in [3.8, 4) is 0 Å². The van der Waals surface area contributed by atoms with Crippen molar-refractivity contribution in [2.45, 2.75) is 0 Å². The standard InChI is InChI=1S/C34H27N2O2P.ClHO4/c37-33(27-16-6-1-7-17-27)36-32(34(38)35-28-18-8-2-9-19-28)26-39(29-20-10-3-11-21-29,30-22-12-4-13-23-30)31-24-14-5-15-25-31;2-1(3,4)5/h1-26H,(H-,35,36,37,38);(H,2,3,4,5)/b32-26-;. The van der Waals surface area contributed by atoms with E-state index in [0.717, 1.165) is 15.9 Å². The molecule has 0 saturated carbocycles. The summed E-state index contributed by atoms with van der Waals surface area (Å²) in [6, 6.07) is 48.7. The van der Waals surface area contributed by atoms with Crippen molar-refractivity contribution in [2.24, 2.45) is 0 Å². The molecule has 44 heavy (non-hydrogen) atoms. The van der Waals surface area contributed by atoms with E-state index in [1.54, 1.807) is 24.3 Å². The van der Waals surface area contributed by atoms with Crippen LogP contribution in [0.5, 0.6) is 0 Å². The van der Waals surface area contributed by atoms with Crippen LogP contribution < -0.4 is 45.2 Å². The van der Waals surface area contributed by atoms with Crippen LogP contribution in [0.2, 0.25) is 0 Å². The summed E-state index contributed by atoms with van der Waals surface area (Å²) in [5, 5.41) is 9.14. The first-order valence-corrected chi connectivity index (χ1v) is 16.4. The van der Waals surface area contributed by atoms with Gasteiger partial charge in [-0.3, -0.25) is 9.59 Å². The van der Waals surface area contributed by atoms with E-state index < -0.39 is 23.4 Å². The van der Waals surface area contributed by atoms with Crippen molar-refractivity contribution in [1.29, 1.82) is 0 Å². The maximum atomic E-state index is 13.9. The van der Waals surface area contributed by atoms with Crippen molar-refractivity contribution >= 4 is 40.7 Å².